The van der Waals surface area contributed by atoms with Crippen LogP contribution >= 0.6 is 8.46 Å². The normalized spacial score (nSPS) is 11.9. The number of methoxy groups -OCH3 is 1. The first-order valence-corrected chi connectivity index (χ1v) is 11.1. The lowest BCUT2D eigenvalue weighted by molar-refractivity contribution is 0.0544. The Morgan fingerprint density at radius 1 is 1.12 bits per heavy atom. The summed E-state index contributed by atoms with van der Waals surface area (Å²) >= 11 is 0. The number of carbonyl (C=O) groups is 1. The van der Waals surface area contributed by atoms with Gasteiger partial charge in [-0.3, -0.25) is 9.78 Å². The van der Waals surface area contributed by atoms with Gasteiger partial charge in [-0.25, -0.2) is 4.98 Å². The van der Waals surface area contributed by atoms with Gasteiger partial charge in [0.1, 0.15) is 11.3 Å². The van der Waals surface area contributed by atoms with E-state index in [4.69, 9.17) is 10.5 Å². The molecule has 4 rings (SSSR count). The van der Waals surface area contributed by atoms with Crippen LogP contribution in [0.15, 0.2) is 48.7 Å². The van der Waals surface area contributed by atoms with Gasteiger partial charge in [-0.2, -0.15) is 0 Å². The van der Waals surface area contributed by atoms with Gasteiger partial charge in [-0.05, 0) is 60.7 Å². The number of aromatic nitrogens is 2. The first-order chi connectivity index (χ1) is 15.7. The Bertz CT molecular complexity index is 1410. The highest BCUT2D eigenvalue weighted by atomic mass is 31.1. The zero-order valence-corrected chi connectivity index (χ0v) is 19.0. The molecule has 0 bridgehead atoms. The maximum absolute atomic E-state index is 13.6. The van der Waals surface area contributed by atoms with Gasteiger partial charge in [0, 0.05) is 22.5 Å². The molecule has 0 fully saturated rings. The van der Waals surface area contributed by atoms with Crippen molar-refractivity contribution in [2.45, 2.75) is 25.4 Å². The standard InChI is InChI=1S/C24H20F2N3O3P/c1-13-9-17(32-2)7-5-15(13)4-3-14-10-19-18-8-6-16(22(30)24(25,26)33-31)11-20(18)29-23(27)21(19)28-12-14/h5-12H,3-4H2,1-2H3,(H2,27,29)/p+1. The number of benzene rings is 2. The summed E-state index contributed by atoms with van der Waals surface area (Å²) in [7, 11) is -0.428. The molecule has 33 heavy (non-hydrogen) atoms. The van der Waals surface area contributed by atoms with Crippen molar-refractivity contribution in [3.05, 3.63) is 70.9 Å². The molecule has 168 valence electrons. The molecule has 1 atom stereocenters. The van der Waals surface area contributed by atoms with Crippen LogP contribution in [0, 0.1) is 6.92 Å². The minimum atomic E-state index is -3.94. The SMILES string of the molecule is COc1ccc(CCc2cnc3c(N)nc4cc(C(=O)C(F)(F)[PH+]=O)ccc4c3c2)c(C)c1. The number of fused-ring (bicyclic) bond motifs is 3. The number of rotatable bonds is 7. The summed E-state index contributed by atoms with van der Waals surface area (Å²) in [5.74, 6) is -0.568. The molecule has 0 saturated heterocycles. The number of nitrogens with two attached hydrogens (primary N) is 1. The maximum Gasteiger partial charge on any atom is 0.505 e. The van der Waals surface area contributed by atoms with Gasteiger partial charge in [0.2, 0.25) is 0 Å². The second kappa shape index (κ2) is 8.79. The van der Waals surface area contributed by atoms with Crippen molar-refractivity contribution in [2.24, 2.45) is 0 Å². The van der Waals surface area contributed by atoms with E-state index >= 15 is 0 Å². The third kappa shape index (κ3) is 4.39. The highest BCUT2D eigenvalue weighted by Gasteiger charge is 2.49. The summed E-state index contributed by atoms with van der Waals surface area (Å²) in [6.45, 7) is 2.03. The van der Waals surface area contributed by atoms with E-state index in [9.17, 15) is 18.1 Å². The molecule has 0 saturated carbocycles. The van der Waals surface area contributed by atoms with Gasteiger partial charge in [0.05, 0.1) is 12.6 Å². The highest BCUT2D eigenvalue weighted by molar-refractivity contribution is 7.27. The Labute approximate surface area is 190 Å². The molecule has 0 spiro atoms. The number of halogens is 2. The van der Waals surface area contributed by atoms with Crippen LogP contribution in [0.5, 0.6) is 5.75 Å². The van der Waals surface area contributed by atoms with E-state index in [2.05, 4.69) is 9.97 Å². The molecule has 2 N–H and O–H groups in total. The number of alkyl halides is 2. The summed E-state index contributed by atoms with van der Waals surface area (Å²) < 4.78 is 43.2. The topological polar surface area (TPSA) is 95.2 Å². The number of ether oxygens (including phenoxy) is 1. The van der Waals surface area contributed by atoms with E-state index in [1.165, 1.54) is 17.7 Å². The number of Topliss-reactive ketones (excluding diaryl/α,β-unsaturated/α-hetero) is 1. The van der Waals surface area contributed by atoms with Crippen LogP contribution in [0.25, 0.3) is 21.8 Å². The Kier molecular flexibility index (Phi) is 6.04. The quantitative estimate of drug-likeness (QED) is 0.226. The predicted molar refractivity (Wildman–Crippen MR) is 125 cm³/mol. The summed E-state index contributed by atoms with van der Waals surface area (Å²) in [5.41, 5.74) is 5.93. The van der Waals surface area contributed by atoms with E-state index in [-0.39, 0.29) is 11.4 Å². The van der Waals surface area contributed by atoms with E-state index in [0.29, 0.717) is 16.4 Å². The van der Waals surface area contributed by atoms with Crippen molar-refractivity contribution >= 4 is 41.9 Å². The van der Waals surface area contributed by atoms with Crippen LogP contribution < -0.4 is 10.5 Å². The van der Waals surface area contributed by atoms with Crippen molar-refractivity contribution in [3.63, 3.8) is 0 Å². The molecule has 0 amide bonds. The van der Waals surface area contributed by atoms with Crippen LogP contribution in [0.3, 0.4) is 0 Å². The fraction of sp³-hybridized carbons (Fsp3) is 0.208. The van der Waals surface area contributed by atoms with E-state index in [1.807, 2.05) is 31.2 Å². The third-order valence-corrected chi connectivity index (χ3v) is 6.11. The molecule has 0 aliphatic rings. The number of pyridine rings is 2. The van der Waals surface area contributed by atoms with Crippen molar-refractivity contribution in [3.8, 4) is 5.75 Å². The zero-order chi connectivity index (χ0) is 23.8. The van der Waals surface area contributed by atoms with Crippen LogP contribution in [0.1, 0.15) is 27.0 Å². The second-order valence-electron chi connectivity index (χ2n) is 7.77. The molecule has 4 aromatic rings. The molecule has 0 radical (unpaired) electrons. The van der Waals surface area contributed by atoms with Crippen molar-refractivity contribution < 1.29 is 22.9 Å². The number of nitrogens with zero attached hydrogens (tertiary/aromatic N) is 2. The van der Waals surface area contributed by atoms with Crippen LogP contribution in [0.2, 0.25) is 0 Å². The average molecular weight is 468 g/mol. The van der Waals surface area contributed by atoms with Gasteiger partial charge in [-0.15, -0.1) is 8.78 Å². The number of anilines is 1. The van der Waals surface area contributed by atoms with Gasteiger partial charge in [0.25, 0.3) is 5.78 Å². The Morgan fingerprint density at radius 3 is 2.61 bits per heavy atom. The second-order valence-corrected chi connectivity index (χ2v) is 8.60. The lowest BCUT2D eigenvalue weighted by atomic mass is 9.99. The number of ketones is 1. The molecular weight excluding hydrogens is 447 g/mol. The largest absolute Gasteiger partial charge is 0.505 e. The zero-order valence-electron chi connectivity index (χ0n) is 18.0. The highest BCUT2D eigenvalue weighted by Crippen LogP contribution is 2.33. The Balaban J connectivity index is 1.70. The molecule has 6 nitrogen and oxygen atoms in total. The smallest absolute Gasteiger partial charge is 0.497 e. The van der Waals surface area contributed by atoms with Gasteiger partial charge in [0.15, 0.2) is 5.82 Å². The molecule has 1 unspecified atom stereocenters. The summed E-state index contributed by atoms with van der Waals surface area (Å²) in [6.07, 6.45) is 3.27. The van der Waals surface area contributed by atoms with Gasteiger partial charge >= 0.3 is 14.1 Å². The summed E-state index contributed by atoms with van der Waals surface area (Å²) in [6, 6.07) is 12.0. The van der Waals surface area contributed by atoms with Crippen LogP contribution in [-0.2, 0) is 17.4 Å². The molecule has 9 heteroatoms. The summed E-state index contributed by atoms with van der Waals surface area (Å²) in [4.78, 5) is 20.7. The van der Waals surface area contributed by atoms with Crippen LogP contribution in [0.4, 0.5) is 14.6 Å². The molecule has 2 aromatic carbocycles. The number of nitrogen functional groups attached to an aromatic ring is 1. The molecule has 2 aromatic heterocycles. The lowest BCUT2D eigenvalue weighted by Crippen LogP contribution is -2.21. The number of hydrogen-bond donors (Lipinski definition) is 1. The fourth-order valence-electron chi connectivity index (χ4n) is 3.81. The molecular formula is C24H21F2N3O3P+. The van der Waals surface area contributed by atoms with Crippen molar-refractivity contribution in [1.29, 1.82) is 0 Å². The Morgan fingerprint density at radius 2 is 1.91 bits per heavy atom. The number of carbonyl (C=O) groups excluding carboxylic acids is 1. The first-order valence-electron chi connectivity index (χ1n) is 10.2. The predicted octanol–water partition coefficient (Wildman–Crippen LogP) is 5.27. The number of hydrogen-bond acceptors (Lipinski definition) is 6. The lowest BCUT2D eigenvalue weighted by Gasteiger charge is -2.11. The minimum absolute atomic E-state index is 0.136. The third-order valence-electron chi connectivity index (χ3n) is 5.62. The van der Waals surface area contributed by atoms with Crippen LogP contribution in [-0.4, -0.2) is 28.5 Å². The Hall–Kier alpha value is -3.51. The molecule has 0 aliphatic carbocycles. The monoisotopic (exact) mass is 468 g/mol. The maximum atomic E-state index is 13.6. The first kappa shape index (κ1) is 22.7. The van der Waals surface area contributed by atoms with Gasteiger partial charge < -0.3 is 10.5 Å². The van der Waals surface area contributed by atoms with E-state index < -0.39 is 19.9 Å². The average Bonchev–Trinajstić information content (AvgIpc) is 2.82. The van der Waals surface area contributed by atoms with Crippen molar-refractivity contribution in [2.75, 3.05) is 12.8 Å². The fourth-order valence-corrected chi connectivity index (χ4v) is 4.05. The van der Waals surface area contributed by atoms with E-state index in [1.54, 1.807) is 19.4 Å². The summed E-state index contributed by atoms with van der Waals surface area (Å²) in [5, 5.41) is 1.36. The number of aryl methyl sites for hydroxylation is 3. The molecule has 2 heterocycles. The molecule has 0 aliphatic heterocycles. The van der Waals surface area contributed by atoms with E-state index in [0.717, 1.165) is 35.1 Å². The van der Waals surface area contributed by atoms with Crippen molar-refractivity contribution in [1.82, 2.24) is 9.97 Å². The minimum Gasteiger partial charge on any atom is -0.497 e. The van der Waals surface area contributed by atoms with Gasteiger partial charge in [-0.1, -0.05) is 22.8 Å².